The van der Waals surface area contributed by atoms with Crippen molar-refractivity contribution in [1.29, 1.82) is 0 Å². The fraction of sp³-hybridized carbons (Fsp3) is 0.692. The topological polar surface area (TPSA) is 88.6 Å². The van der Waals surface area contributed by atoms with Crippen LogP contribution in [0, 0.1) is 0 Å². The molecule has 1 aromatic rings. The van der Waals surface area contributed by atoms with Gasteiger partial charge in [0, 0.05) is 20.1 Å². The van der Waals surface area contributed by atoms with Gasteiger partial charge in [-0.3, -0.25) is 0 Å². The second-order valence-electron chi connectivity index (χ2n) is 4.09. The highest BCUT2D eigenvalue weighted by Gasteiger charge is 2.20. The van der Waals surface area contributed by atoms with Gasteiger partial charge in [-0.25, -0.2) is 9.78 Å². The van der Waals surface area contributed by atoms with Crippen LogP contribution in [0.1, 0.15) is 30.2 Å². The fourth-order valence-electron chi connectivity index (χ4n) is 1.78. The maximum absolute atomic E-state index is 11.7. The fourth-order valence-corrected chi connectivity index (χ4v) is 1.78. The minimum atomic E-state index is -0.487. The molecule has 20 heavy (non-hydrogen) atoms. The highest BCUT2D eigenvalue weighted by atomic mass is 16.5. The first kappa shape index (κ1) is 16.5. The van der Waals surface area contributed by atoms with Crippen molar-refractivity contribution in [2.75, 3.05) is 39.3 Å². The van der Waals surface area contributed by atoms with Gasteiger partial charge < -0.3 is 24.5 Å². The number of nitrogens with two attached hydrogens (primary N) is 1. The Morgan fingerprint density at radius 2 is 2.05 bits per heavy atom. The van der Waals surface area contributed by atoms with Crippen LogP contribution >= 0.6 is 0 Å². The number of hydrogen-bond acceptors (Lipinski definition) is 6. The molecule has 0 saturated carbocycles. The molecular formula is C13H23N3O4. The molecule has 1 rings (SSSR count). The number of carbonyl (C=O) groups excluding carboxylic acids is 1. The highest BCUT2D eigenvalue weighted by molar-refractivity contribution is 5.92. The lowest BCUT2D eigenvalue weighted by atomic mass is 10.4. The molecule has 0 saturated heterocycles. The van der Waals surface area contributed by atoms with E-state index < -0.39 is 5.97 Å². The van der Waals surface area contributed by atoms with Gasteiger partial charge in [0.05, 0.1) is 26.4 Å². The highest BCUT2D eigenvalue weighted by Crippen LogP contribution is 2.16. The number of nitrogen functional groups attached to an aromatic ring is 1. The van der Waals surface area contributed by atoms with Crippen LogP contribution in [0.15, 0.2) is 0 Å². The van der Waals surface area contributed by atoms with Crippen molar-refractivity contribution >= 4 is 11.8 Å². The third-order valence-electron chi connectivity index (χ3n) is 2.76. The molecular weight excluding hydrogens is 262 g/mol. The lowest BCUT2D eigenvalue weighted by Gasteiger charge is -2.09. The van der Waals surface area contributed by atoms with E-state index in [4.69, 9.17) is 19.9 Å². The summed E-state index contributed by atoms with van der Waals surface area (Å²) in [6.07, 6.45) is 0.682. The molecule has 114 valence electrons. The molecule has 1 heterocycles. The molecule has 0 bridgehead atoms. The Hall–Kier alpha value is -1.60. The summed E-state index contributed by atoms with van der Waals surface area (Å²) >= 11 is 0. The third kappa shape index (κ3) is 4.21. The summed E-state index contributed by atoms with van der Waals surface area (Å²) in [5.41, 5.74) is 6.15. The second kappa shape index (κ2) is 8.55. The van der Waals surface area contributed by atoms with Crippen LogP contribution in [-0.2, 0) is 27.2 Å². The zero-order valence-corrected chi connectivity index (χ0v) is 12.3. The molecule has 0 aliphatic rings. The minimum absolute atomic E-state index is 0.181. The van der Waals surface area contributed by atoms with Crippen LogP contribution in [0.25, 0.3) is 0 Å². The minimum Gasteiger partial charge on any atom is -0.461 e. The number of ether oxygens (including phenoxy) is 3. The van der Waals surface area contributed by atoms with Gasteiger partial charge in [-0.2, -0.15) is 0 Å². The van der Waals surface area contributed by atoms with Crippen molar-refractivity contribution in [2.45, 2.75) is 26.8 Å². The van der Waals surface area contributed by atoms with Gasteiger partial charge in [-0.15, -0.1) is 0 Å². The summed E-state index contributed by atoms with van der Waals surface area (Å²) in [4.78, 5) is 16.0. The Morgan fingerprint density at radius 3 is 2.65 bits per heavy atom. The van der Waals surface area contributed by atoms with E-state index in [0.29, 0.717) is 45.2 Å². The molecule has 1 aromatic heterocycles. The molecule has 0 aliphatic carbocycles. The van der Waals surface area contributed by atoms with E-state index in [-0.39, 0.29) is 5.69 Å². The Morgan fingerprint density at radius 1 is 1.30 bits per heavy atom. The van der Waals surface area contributed by atoms with E-state index in [1.807, 2.05) is 6.92 Å². The van der Waals surface area contributed by atoms with Crippen LogP contribution in [0.3, 0.4) is 0 Å². The van der Waals surface area contributed by atoms with E-state index in [1.54, 1.807) is 18.6 Å². The Bertz CT molecular complexity index is 431. The molecule has 7 nitrogen and oxygen atoms in total. The summed E-state index contributed by atoms with van der Waals surface area (Å²) < 4.78 is 17.0. The van der Waals surface area contributed by atoms with Crippen LogP contribution in [-0.4, -0.2) is 49.1 Å². The van der Waals surface area contributed by atoms with E-state index in [9.17, 15) is 4.79 Å². The Balaban J connectivity index is 2.71. The van der Waals surface area contributed by atoms with Crippen molar-refractivity contribution in [3.63, 3.8) is 0 Å². The van der Waals surface area contributed by atoms with E-state index in [0.717, 1.165) is 5.82 Å². The van der Waals surface area contributed by atoms with Gasteiger partial charge in [0.1, 0.15) is 11.6 Å². The van der Waals surface area contributed by atoms with Crippen molar-refractivity contribution in [3.8, 4) is 0 Å². The number of nitrogens with zero attached hydrogens (tertiary/aromatic N) is 2. The monoisotopic (exact) mass is 285 g/mol. The maximum atomic E-state index is 11.7. The Kier molecular flexibility index (Phi) is 7.03. The van der Waals surface area contributed by atoms with E-state index in [2.05, 4.69) is 4.98 Å². The molecule has 0 radical (unpaired) electrons. The molecule has 0 amide bonds. The third-order valence-corrected chi connectivity index (χ3v) is 2.76. The van der Waals surface area contributed by atoms with E-state index >= 15 is 0 Å². The summed E-state index contributed by atoms with van der Waals surface area (Å²) in [5, 5.41) is 0. The lowest BCUT2D eigenvalue weighted by molar-refractivity contribution is 0.0521. The Labute approximate surface area is 119 Å². The zero-order valence-electron chi connectivity index (χ0n) is 12.3. The number of aromatic nitrogens is 2. The van der Waals surface area contributed by atoms with Gasteiger partial charge in [-0.1, -0.05) is 6.92 Å². The molecule has 0 fully saturated rings. The average Bonchev–Trinajstić information content (AvgIpc) is 2.76. The molecule has 0 atom stereocenters. The zero-order chi connectivity index (χ0) is 15.0. The smallest absolute Gasteiger partial charge is 0.360 e. The molecule has 2 N–H and O–H groups in total. The number of methoxy groups -OCH3 is 1. The van der Waals surface area contributed by atoms with Crippen molar-refractivity contribution in [2.24, 2.45) is 0 Å². The lowest BCUT2D eigenvalue weighted by Crippen LogP contribution is -2.14. The van der Waals surface area contributed by atoms with E-state index in [1.165, 1.54) is 0 Å². The SMILES string of the molecule is CCOC(=O)c1nc(CC)n(CCOCCOC)c1N. The summed E-state index contributed by atoms with van der Waals surface area (Å²) in [7, 11) is 1.62. The summed E-state index contributed by atoms with van der Waals surface area (Å²) in [6, 6.07) is 0. The number of anilines is 1. The standard InChI is InChI=1S/C13H23N3O4/c1-4-10-15-11(13(17)20-5-2)12(14)16(10)6-7-19-9-8-18-3/h4-9,14H2,1-3H3. The van der Waals surface area contributed by atoms with Crippen molar-refractivity contribution in [1.82, 2.24) is 9.55 Å². The predicted octanol–water partition coefficient (Wildman–Crippen LogP) is 0.867. The van der Waals surface area contributed by atoms with Gasteiger partial charge >= 0.3 is 5.97 Å². The quantitative estimate of drug-likeness (QED) is 0.535. The maximum Gasteiger partial charge on any atom is 0.360 e. The first-order valence-electron chi connectivity index (χ1n) is 6.74. The van der Waals surface area contributed by atoms with Crippen molar-refractivity contribution < 1.29 is 19.0 Å². The van der Waals surface area contributed by atoms with Gasteiger partial charge in [0.25, 0.3) is 0 Å². The number of esters is 1. The largest absolute Gasteiger partial charge is 0.461 e. The van der Waals surface area contributed by atoms with Crippen LogP contribution in [0.4, 0.5) is 5.82 Å². The van der Waals surface area contributed by atoms with Gasteiger partial charge in [0.15, 0.2) is 5.69 Å². The number of rotatable bonds is 9. The second-order valence-corrected chi connectivity index (χ2v) is 4.09. The molecule has 0 aliphatic heterocycles. The summed E-state index contributed by atoms with van der Waals surface area (Å²) in [6.45, 7) is 6.11. The van der Waals surface area contributed by atoms with Crippen molar-refractivity contribution in [3.05, 3.63) is 11.5 Å². The molecule has 0 unspecified atom stereocenters. The number of imidazole rings is 1. The first-order chi connectivity index (χ1) is 9.65. The molecule has 0 aromatic carbocycles. The summed E-state index contributed by atoms with van der Waals surface area (Å²) in [5.74, 6) is 0.593. The van der Waals surface area contributed by atoms with Gasteiger partial charge in [0.2, 0.25) is 0 Å². The van der Waals surface area contributed by atoms with Crippen LogP contribution in [0.5, 0.6) is 0 Å². The van der Waals surface area contributed by atoms with Crippen LogP contribution < -0.4 is 5.73 Å². The molecule has 7 heteroatoms. The number of aryl methyl sites for hydroxylation is 1. The normalized spacial score (nSPS) is 10.8. The number of carbonyl (C=O) groups is 1. The molecule has 0 spiro atoms. The number of hydrogen-bond donors (Lipinski definition) is 1. The van der Waals surface area contributed by atoms with Gasteiger partial charge in [-0.05, 0) is 6.92 Å². The average molecular weight is 285 g/mol. The predicted molar refractivity (Wildman–Crippen MR) is 74.7 cm³/mol. The van der Waals surface area contributed by atoms with Crippen LogP contribution in [0.2, 0.25) is 0 Å². The first-order valence-corrected chi connectivity index (χ1v) is 6.74.